The van der Waals surface area contributed by atoms with E-state index in [2.05, 4.69) is 12.6 Å². The zero-order valence-electron chi connectivity index (χ0n) is 4.16. The molecule has 0 heterocycles. The molecule has 0 unspecified atom stereocenters. The van der Waals surface area contributed by atoms with Gasteiger partial charge in [0.1, 0.15) is 6.04 Å². The van der Waals surface area contributed by atoms with Crippen molar-refractivity contribution in [2.24, 2.45) is 5.73 Å². The fraction of sp³-hybridized carbons (Fsp3) is 0.667. The van der Waals surface area contributed by atoms with Gasteiger partial charge in [-0.05, 0) is 0 Å². The molecule has 1 atom stereocenters. The van der Waals surface area contributed by atoms with E-state index in [1.165, 1.54) is 0 Å². The quantitative estimate of drug-likeness (QED) is 0.379. The van der Waals surface area contributed by atoms with Gasteiger partial charge in [-0.2, -0.15) is 12.6 Å². The van der Waals surface area contributed by atoms with E-state index in [1.54, 1.807) is 0 Å². The number of carboxylic acid groups (broad SMARTS) is 1. The Morgan fingerprint density at radius 3 is 2.25 bits per heavy atom. The van der Waals surface area contributed by atoms with Crippen LogP contribution in [0.25, 0.3) is 0 Å². The number of carboxylic acids is 1. The predicted octanol–water partition coefficient (Wildman–Crippen LogP) is -0.674. The van der Waals surface area contributed by atoms with Crippen LogP contribution < -0.4 is 5.73 Å². The van der Waals surface area contributed by atoms with Gasteiger partial charge in [0.05, 0.1) is 0 Å². The fourth-order valence-electron chi connectivity index (χ4n) is 0.0781. The Kier molecular flexibility index (Phi) is 7.96. The van der Waals surface area contributed by atoms with Gasteiger partial charge in [-0.15, -0.1) is 0 Å². The Morgan fingerprint density at radius 2 is 2.25 bits per heavy atom. The molecule has 46 valence electrons. The number of nitrogens with two attached hydrogens (primary N) is 1. The maximum atomic E-state index is 9.76. The molecule has 0 aliphatic heterocycles. The van der Waals surface area contributed by atoms with E-state index >= 15 is 0 Å². The van der Waals surface area contributed by atoms with E-state index in [9.17, 15) is 4.79 Å². The smallest absolute Gasteiger partial charge is 0.321 e. The summed E-state index contributed by atoms with van der Waals surface area (Å²) in [5.41, 5.74) is 4.94. The van der Waals surface area contributed by atoms with Crippen LogP contribution in [0.2, 0.25) is 0 Å². The van der Waals surface area contributed by atoms with Crippen molar-refractivity contribution in [1.82, 2.24) is 0 Å². The van der Waals surface area contributed by atoms with E-state index in [0.717, 1.165) is 0 Å². The topological polar surface area (TPSA) is 63.3 Å². The summed E-state index contributed by atoms with van der Waals surface area (Å²) in [5.74, 6) is -0.815. The van der Waals surface area contributed by atoms with Crippen LogP contribution in [0.4, 0.5) is 0 Å². The Hall–Kier alpha value is 0.494. The molecule has 0 spiro atoms. The first-order chi connectivity index (χ1) is 3.18. The van der Waals surface area contributed by atoms with E-state index in [4.69, 9.17) is 10.8 Å². The summed E-state index contributed by atoms with van der Waals surface area (Å²) in [6.45, 7) is 0. The SMILES string of the molecule is N[C@@H](CS)C(=O)O.[Ti]. The van der Waals surface area contributed by atoms with Crippen molar-refractivity contribution < 1.29 is 31.6 Å². The molecular formula is C3H7NO2STi. The van der Waals surface area contributed by atoms with Crippen LogP contribution in [0.1, 0.15) is 0 Å². The van der Waals surface area contributed by atoms with Crippen LogP contribution in [0.15, 0.2) is 0 Å². The summed E-state index contributed by atoms with van der Waals surface area (Å²) < 4.78 is 0. The van der Waals surface area contributed by atoms with Gasteiger partial charge in [0, 0.05) is 27.5 Å². The molecule has 0 fully saturated rings. The van der Waals surface area contributed by atoms with E-state index < -0.39 is 12.0 Å². The van der Waals surface area contributed by atoms with Crippen molar-refractivity contribution in [2.45, 2.75) is 6.04 Å². The Bertz CT molecular complexity index is 79.7. The summed E-state index contributed by atoms with van der Waals surface area (Å²) in [6, 6.07) is -0.816. The number of carbonyl (C=O) groups is 1. The van der Waals surface area contributed by atoms with Crippen molar-refractivity contribution in [3.63, 3.8) is 0 Å². The summed E-state index contributed by atoms with van der Waals surface area (Å²) in [7, 11) is 0. The summed E-state index contributed by atoms with van der Waals surface area (Å²) >= 11 is 3.65. The van der Waals surface area contributed by atoms with Crippen molar-refractivity contribution in [2.75, 3.05) is 5.75 Å². The first-order valence-electron chi connectivity index (χ1n) is 1.77. The van der Waals surface area contributed by atoms with Crippen LogP contribution in [-0.2, 0) is 26.5 Å². The minimum Gasteiger partial charge on any atom is -0.480 e. The van der Waals surface area contributed by atoms with Crippen molar-refractivity contribution in [3.8, 4) is 0 Å². The molecule has 0 aliphatic carbocycles. The van der Waals surface area contributed by atoms with Crippen molar-refractivity contribution in [3.05, 3.63) is 0 Å². The number of aliphatic carboxylic acids is 1. The van der Waals surface area contributed by atoms with Crippen molar-refractivity contribution >= 4 is 18.6 Å². The van der Waals surface area contributed by atoms with Gasteiger partial charge >= 0.3 is 5.97 Å². The number of hydrogen-bond acceptors (Lipinski definition) is 3. The normalized spacial score (nSPS) is 11.8. The molecule has 8 heavy (non-hydrogen) atoms. The number of hydrogen-bond donors (Lipinski definition) is 3. The van der Waals surface area contributed by atoms with Gasteiger partial charge in [0.2, 0.25) is 0 Å². The minimum atomic E-state index is -1.00. The van der Waals surface area contributed by atoms with Gasteiger partial charge in [-0.25, -0.2) is 0 Å². The Balaban J connectivity index is 0. The maximum absolute atomic E-state index is 9.76. The molecule has 0 bridgehead atoms. The third-order valence-corrected chi connectivity index (χ3v) is 0.907. The third-order valence-electron chi connectivity index (χ3n) is 0.514. The predicted molar refractivity (Wildman–Crippen MR) is 29.5 cm³/mol. The minimum absolute atomic E-state index is 0. The standard InChI is InChI=1S/C3H7NO2S.Ti/c4-2(1-7)3(5)6;/h2,7H,1,4H2,(H,5,6);/t2-;/m0./s1. The van der Waals surface area contributed by atoms with Crippen LogP contribution in [0.5, 0.6) is 0 Å². The molecule has 0 radical (unpaired) electrons. The molecule has 0 rings (SSSR count). The first kappa shape index (κ1) is 11.3. The molecule has 0 aromatic carbocycles. The van der Waals surface area contributed by atoms with Crippen LogP contribution in [-0.4, -0.2) is 22.9 Å². The number of thiol groups is 1. The number of rotatable bonds is 2. The molecule has 0 saturated carbocycles. The molecular weight excluding hydrogens is 162 g/mol. The van der Waals surface area contributed by atoms with Gasteiger partial charge in [-0.3, -0.25) is 4.79 Å². The largest absolute Gasteiger partial charge is 0.480 e. The molecule has 3 N–H and O–H groups in total. The molecule has 3 nitrogen and oxygen atoms in total. The summed E-state index contributed by atoms with van der Waals surface area (Å²) in [4.78, 5) is 9.76. The van der Waals surface area contributed by atoms with Gasteiger partial charge in [0.25, 0.3) is 0 Å². The summed E-state index contributed by atoms with van der Waals surface area (Å²) in [5, 5.41) is 8.01. The van der Waals surface area contributed by atoms with Crippen LogP contribution in [0.3, 0.4) is 0 Å². The molecule has 0 saturated heterocycles. The van der Waals surface area contributed by atoms with Gasteiger partial charge in [-0.1, -0.05) is 0 Å². The monoisotopic (exact) mass is 169 g/mol. The molecule has 0 aliphatic rings. The second kappa shape index (κ2) is 5.63. The molecule has 0 aromatic rings. The second-order valence-corrected chi connectivity index (χ2v) is 1.49. The fourth-order valence-corrected chi connectivity index (χ4v) is 0.234. The average Bonchev–Trinajstić information content (AvgIpc) is 1.65. The zero-order chi connectivity index (χ0) is 5.86. The van der Waals surface area contributed by atoms with Crippen LogP contribution >= 0.6 is 12.6 Å². The maximum Gasteiger partial charge on any atom is 0.321 e. The Labute approximate surface area is 67.9 Å². The molecule has 0 amide bonds. The zero-order valence-corrected chi connectivity index (χ0v) is 6.62. The van der Waals surface area contributed by atoms with E-state index in [0.29, 0.717) is 0 Å². The van der Waals surface area contributed by atoms with Crippen molar-refractivity contribution in [1.29, 1.82) is 0 Å². The third kappa shape index (κ3) is 4.65. The average molecular weight is 169 g/mol. The first-order valence-corrected chi connectivity index (χ1v) is 2.41. The van der Waals surface area contributed by atoms with Crippen LogP contribution in [0, 0.1) is 0 Å². The second-order valence-electron chi connectivity index (χ2n) is 1.13. The van der Waals surface area contributed by atoms with Gasteiger partial charge < -0.3 is 10.8 Å². The summed E-state index contributed by atoms with van der Waals surface area (Å²) in [6.07, 6.45) is 0. The molecule has 0 aromatic heterocycles. The van der Waals surface area contributed by atoms with Gasteiger partial charge in [0.15, 0.2) is 0 Å². The Morgan fingerprint density at radius 1 is 1.88 bits per heavy atom. The van der Waals surface area contributed by atoms with E-state index in [-0.39, 0.29) is 27.5 Å². The van der Waals surface area contributed by atoms with E-state index in [1.807, 2.05) is 0 Å². The molecule has 5 heteroatoms.